The van der Waals surface area contributed by atoms with Crippen LogP contribution < -0.4 is 0 Å². The minimum absolute atomic E-state index is 0.389. The number of aromatic nitrogens is 2. The molecule has 0 saturated carbocycles. The van der Waals surface area contributed by atoms with Crippen LogP contribution in [0.1, 0.15) is 35.3 Å². The van der Waals surface area contributed by atoms with Crippen LogP contribution in [0.15, 0.2) is 41.0 Å². The van der Waals surface area contributed by atoms with E-state index in [1.54, 1.807) is 6.26 Å². The van der Waals surface area contributed by atoms with Crippen LogP contribution in [0.3, 0.4) is 0 Å². The lowest BCUT2D eigenvalue weighted by atomic mass is 10.2. The first-order valence-corrected chi connectivity index (χ1v) is 6.79. The predicted octanol–water partition coefficient (Wildman–Crippen LogP) is 3.44. The molecule has 0 saturated heterocycles. The number of imidazole rings is 1. The highest BCUT2D eigenvalue weighted by molar-refractivity contribution is 5.76. The summed E-state index contributed by atoms with van der Waals surface area (Å²) in [6, 6.07) is 9.94. The van der Waals surface area contributed by atoms with Crippen LogP contribution in [-0.2, 0) is 13.0 Å². The standard InChI is InChI=1S/C16H16N2O2/c1-2-8-18-14-6-4-3-5-13(14)17-16(18)10-12-7-9-20-15(12)11-19/h3-7,9,11H,2,8,10H2,1H3. The highest BCUT2D eigenvalue weighted by Gasteiger charge is 2.13. The number of hydrogen-bond acceptors (Lipinski definition) is 3. The van der Waals surface area contributed by atoms with Crippen LogP contribution in [-0.4, -0.2) is 15.8 Å². The van der Waals surface area contributed by atoms with Crippen LogP contribution in [0, 0.1) is 0 Å². The molecule has 2 heterocycles. The molecule has 0 atom stereocenters. The van der Waals surface area contributed by atoms with E-state index in [0.29, 0.717) is 12.2 Å². The van der Waals surface area contributed by atoms with Gasteiger partial charge >= 0.3 is 0 Å². The van der Waals surface area contributed by atoms with E-state index in [0.717, 1.165) is 41.7 Å². The number of furan rings is 1. The third kappa shape index (κ3) is 2.13. The molecule has 0 unspecified atom stereocenters. The summed E-state index contributed by atoms with van der Waals surface area (Å²) in [6.07, 6.45) is 3.95. The molecule has 4 heteroatoms. The summed E-state index contributed by atoms with van der Waals surface area (Å²) in [5, 5.41) is 0. The quantitative estimate of drug-likeness (QED) is 0.666. The minimum atomic E-state index is 0.389. The van der Waals surface area contributed by atoms with E-state index in [2.05, 4.69) is 22.5 Å². The fourth-order valence-corrected chi connectivity index (χ4v) is 2.50. The minimum Gasteiger partial charge on any atom is -0.461 e. The fourth-order valence-electron chi connectivity index (χ4n) is 2.50. The van der Waals surface area contributed by atoms with E-state index >= 15 is 0 Å². The summed E-state index contributed by atoms with van der Waals surface area (Å²) >= 11 is 0. The summed E-state index contributed by atoms with van der Waals surface area (Å²) in [5.41, 5.74) is 3.01. The van der Waals surface area contributed by atoms with Gasteiger partial charge < -0.3 is 8.98 Å². The highest BCUT2D eigenvalue weighted by Crippen LogP contribution is 2.20. The lowest BCUT2D eigenvalue weighted by molar-refractivity contribution is 0.109. The maximum absolute atomic E-state index is 10.9. The monoisotopic (exact) mass is 268 g/mol. The fraction of sp³-hybridized carbons (Fsp3) is 0.250. The summed E-state index contributed by atoms with van der Waals surface area (Å²) < 4.78 is 7.37. The SMILES string of the molecule is CCCn1c(Cc2ccoc2C=O)nc2ccccc21. The van der Waals surface area contributed by atoms with Crippen molar-refractivity contribution in [1.82, 2.24) is 9.55 Å². The van der Waals surface area contributed by atoms with Gasteiger partial charge in [0.05, 0.1) is 17.3 Å². The molecule has 0 aliphatic carbocycles. The van der Waals surface area contributed by atoms with E-state index in [1.165, 1.54) is 0 Å². The lowest BCUT2D eigenvalue weighted by Crippen LogP contribution is -2.04. The van der Waals surface area contributed by atoms with Crippen LogP contribution >= 0.6 is 0 Å². The zero-order valence-electron chi connectivity index (χ0n) is 11.4. The number of carbonyl (C=O) groups excluding carboxylic acids is 1. The number of aldehydes is 1. The Morgan fingerprint density at radius 1 is 1.30 bits per heavy atom. The van der Waals surface area contributed by atoms with Crippen LogP contribution in [0.2, 0.25) is 0 Å². The number of hydrogen-bond donors (Lipinski definition) is 0. The Morgan fingerprint density at radius 3 is 2.95 bits per heavy atom. The first-order chi connectivity index (χ1) is 9.83. The van der Waals surface area contributed by atoms with E-state index in [9.17, 15) is 4.79 Å². The molecule has 1 aromatic carbocycles. The van der Waals surface area contributed by atoms with Crippen molar-refractivity contribution < 1.29 is 9.21 Å². The zero-order chi connectivity index (χ0) is 13.9. The third-order valence-corrected chi connectivity index (χ3v) is 3.42. The molecular formula is C16H16N2O2. The number of nitrogens with zero attached hydrogens (tertiary/aromatic N) is 2. The van der Waals surface area contributed by atoms with Gasteiger partial charge in [0.25, 0.3) is 0 Å². The van der Waals surface area contributed by atoms with E-state index < -0.39 is 0 Å². The summed E-state index contributed by atoms with van der Waals surface area (Å²) in [6.45, 7) is 3.07. The first kappa shape index (κ1) is 12.7. The number of benzene rings is 1. The summed E-state index contributed by atoms with van der Waals surface area (Å²) in [7, 11) is 0. The largest absolute Gasteiger partial charge is 0.461 e. The molecule has 0 N–H and O–H groups in total. The van der Waals surface area contributed by atoms with Gasteiger partial charge in [-0.15, -0.1) is 0 Å². The second kappa shape index (κ2) is 5.33. The lowest BCUT2D eigenvalue weighted by Gasteiger charge is -2.07. The maximum Gasteiger partial charge on any atom is 0.185 e. The molecule has 0 amide bonds. The van der Waals surface area contributed by atoms with Gasteiger partial charge in [0.1, 0.15) is 5.82 Å². The van der Waals surface area contributed by atoms with Gasteiger partial charge in [-0.1, -0.05) is 19.1 Å². The van der Waals surface area contributed by atoms with E-state index in [1.807, 2.05) is 24.3 Å². The molecule has 102 valence electrons. The molecule has 0 spiro atoms. The van der Waals surface area contributed by atoms with E-state index in [4.69, 9.17) is 4.42 Å². The topological polar surface area (TPSA) is 48.0 Å². The van der Waals surface area contributed by atoms with Crippen molar-refractivity contribution in [2.45, 2.75) is 26.3 Å². The van der Waals surface area contributed by atoms with E-state index in [-0.39, 0.29) is 0 Å². The molecule has 4 nitrogen and oxygen atoms in total. The number of carbonyl (C=O) groups is 1. The van der Waals surface area contributed by atoms with Crippen molar-refractivity contribution in [3.05, 3.63) is 53.7 Å². The predicted molar refractivity (Wildman–Crippen MR) is 76.9 cm³/mol. The normalized spacial score (nSPS) is 11.1. The van der Waals surface area contributed by atoms with Gasteiger partial charge in [0.15, 0.2) is 12.0 Å². The molecule has 0 fully saturated rings. The van der Waals surface area contributed by atoms with Crippen LogP contribution in [0.25, 0.3) is 11.0 Å². The van der Waals surface area contributed by atoms with Gasteiger partial charge in [-0.25, -0.2) is 4.98 Å². The molecule has 0 bridgehead atoms. The summed E-state index contributed by atoms with van der Waals surface area (Å²) in [4.78, 5) is 15.6. The van der Waals surface area contributed by atoms with Crippen molar-refractivity contribution in [1.29, 1.82) is 0 Å². The number of fused-ring (bicyclic) bond motifs is 1. The second-order valence-electron chi connectivity index (χ2n) is 4.77. The average molecular weight is 268 g/mol. The van der Waals surface area contributed by atoms with Gasteiger partial charge in [-0.3, -0.25) is 4.79 Å². The Kier molecular flexibility index (Phi) is 3.37. The van der Waals surface area contributed by atoms with Gasteiger partial charge in [-0.2, -0.15) is 0 Å². The molecule has 20 heavy (non-hydrogen) atoms. The average Bonchev–Trinajstić information content (AvgIpc) is 3.05. The molecule has 3 rings (SSSR count). The second-order valence-corrected chi connectivity index (χ2v) is 4.77. The first-order valence-electron chi connectivity index (χ1n) is 6.79. The Morgan fingerprint density at radius 2 is 2.15 bits per heavy atom. The molecule has 0 aliphatic rings. The van der Waals surface area contributed by atoms with Crippen molar-refractivity contribution in [3.63, 3.8) is 0 Å². The molecule has 0 aliphatic heterocycles. The zero-order valence-corrected chi connectivity index (χ0v) is 11.4. The number of rotatable bonds is 5. The number of aryl methyl sites for hydroxylation is 1. The molecule has 0 radical (unpaired) electrons. The van der Waals surface area contributed by atoms with Gasteiger partial charge in [-0.05, 0) is 24.6 Å². The number of para-hydroxylation sites is 2. The maximum atomic E-state index is 10.9. The summed E-state index contributed by atoms with van der Waals surface area (Å²) in [5.74, 6) is 1.36. The molecule has 3 aromatic rings. The molecule has 2 aromatic heterocycles. The highest BCUT2D eigenvalue weighted by atomic mass is 16.3. The smallest absolute Gasteiger partial charge is 0.185 e. The van der Waals surface area contributed by atoms with Gasteiger partial charge in [0.2, 0.25) is 0 Å². The van der Waals surface area contributed by atoms with Crippen LogP contribution in [0.5, 0.6) is 0 Å². The van der Waals surface area contributed by atoms with Crippen molar-refractivity contribution in [2.24, 2.45) is 0 Å². The third-order valence-electron chi connectivity index (χ3n) is 3.42. The Labute approximate surface area is 117 Å². The Balaban J connectivity index is 2.06. The van der Waals surface area contributed by atoms with Crippen molar-refractivity contribution in [2.75, 3.05) is 0 Å². The van der Waals surface area contributed by atoms with Crippen molar-refractivity contribution >= 4 is 17.3 Å². The Hall–Kier alpha value is -2.36. The molecular weight excluding hydrogens is 252 g/mol. The van der Waals surface area contributed by atoms with Crippen molar-refractivity contribution in [3.8, 4) is 0 Å². The van der Waals surface area contributed by atoms with Crippen LogP contribution in [0.4, 0.5) is 0 Å². The van der Waals surface area contributed by atoms with Gasteiger partial charge in [0, 0.05) is 18.5 Å². The Bertz CT molecular complexity index is 740.